The van der Waals surface area contributed by atoms with Crippen molar-refractivity contribution in [1.82, 2.24) is 10.2 Å². The summed E-state index contributed by atoms with van der Waals surface area (Å²) >= 11 is 0. The van der Waals surface area contributed by atoms with E-state index in [9.17, 15) is 8.78 Å². The predicted octanol–water partition coefficient (Wildman–Crippen LogP) is 2.41. The fourth-order valence-corrected chi connectivity index (χ4v) is 3.94. The molecule has 3 fully saturated rings. The SMILES string of the molecule is Fc1cc(F)c2oc(C3=NOC4(CN5CCC4CC5)N3)cc2c1. The standard InChI is InChI=1S/C16H15F2N3O2/c17-11-5-9-6-13(22-14(9)12(18)7-11)15-19-16(23-20-15)8-21-3-1-10(16)2-4-21/h5-7,10H,1-4,8H2,(H,19,20). The Morgan fingerprint density at radius 2 is 2.04 bits per heavy atom. The van der Waals surface area contributed by atoms with E-state index in [1.807, 2.05) is 0 Å². The Hall–Kier alpha value is -2.15. The lowest BCUT2D eigenvalue weighted by Gasteiger charge is -2.49. The molecule has 0 amide bonds. The highest BCUT2D eigenvalue weighted by Gasteiger charge is 2.52. The third-order valence-electron chi connectivity index (χ3n) is 5.10. The Kier molecular flexibility index (Phi) is 2.57. The number of amidine groups is 1. The van der Waals surface area contributed by atoms with Crippen molar-refractivity contribution in [3.63, 3.8) is 0 Å². The van der Waals surface area contributed by atoms with Gasteiger partial charge in [0.05, 0.1) is 6.54 Å². The first kappa shape index (κ1) is 13.3. The highest BCUT2D eigenvalue weighted by Crippen LogP contribution is 2.39. The normalized spacial score (nSPS) is 32.2. The summed E-state index contributed by atoms with van der Waals surface area (Å²) in [6, 6.07) is 3.63. The van der Waals surface area contributed by atoms with Crippen LogP contribution in [0.1, 0.15) is 18.6 Å². The van der Waals surface area contributed by atoms with E-state index in [0.717, 1.165) is 38.5 Å². The van der Waals surface area contributed by atoms with E-state index in [1.165, 1.54) is 6.07 Å². The molecular weight excluding hydrogens is 304 g/mol. The van der Waals surface area contributed by atoms with Crippen molar-refractivity contribution < 1.29 is 18.0 Å². The van der Waals surface area contributed by atoms with Gasteiger partial charge in [0.2, 0.25) is 11.6 Å². The fraction of sp³-hybridized carbons (Fsp3) is 0.438. The van der Waals surface area contributed by atoms with Crippen LogP contribution in [0, 0.1) is 17.6 Å². The van der Waals surface area contributed by atoms with Gasteiger partial charge in [0.1, 0.15) is 5.82 Å². The molecule has 1 unspecified atom stereocenters. The summed E-state index contributed by atoms with van der Waals surface area (Å²) in [5.41, 5.74) is -0.491. The number of piperidine rings is 3. The minimum absolute atomic E-state index is 0.0285. The number of rotatable bonds is 1. The van der Waals surface area contributed by atoms with E-state index in [2.05, 4.69) is 15.4 Å². The summed E-state index contributed by atoms with van der Waals surface area (Å²) in [5.74, 6) is -0.156. The topological polar surface area (TPSA) is 50.0 Å². The van der Waals surface area contributed by atoms with Crippen molar-refractivity contribution in [2.75, 3.05) is 19.6 Å². The molecule has 1 spiro atoms. The second-order valence-electron chi connectivity index (χ2n) is 6.51. The van der Waals surface area contributed by atoms with Crippen LogP contribution in [0.5, 0.6) is 0 Å². The molecule has 6 rings (SSSR count). The zero-order valence-electron chi connectivity index (χ0n) is 12.3. The van der Waals surface area contributed by atoms with Crippen LogP contribution in [0.3, 0.4) is 0 Å². The Balaban J connectivity index is 1.48. The van der Waals surface area contributed by atoms with E-state index in [0.29, 0.717) is 22.9 Å². The summed E-state index contributed by atoms with van der Waals surface area (Å²) in [6.07, 6.45) is 2.13. The number of nitrogens with zero attached hydrogens (tertiary/aromatic N) is 2. The first-order valence-corrected chi connectivity index (χ1v) is 7.79. The average Bonchev–Trinajstić information content (AvgIpc) is 3.13. The molecular formula is C16H15F2N3O2. The molecule has 3 saturated heterocycles. The van der Waals surface area contributed by atoms with E-state index < -0.39 is 17.4 Å². The van der Waals surface area contributed by atoms with Gasteiger partial charge < -0.3 is 14.6 Å². The van der Waals surface area contributed by atoms with Gasteiger partial charge in [0.15, 0.2) is 17.2 Å². The number of hydrogen-bond acceptors (Lipinski definition) is 5. The maximum absolute atomic E-state index is 13.8. The Morgan fingerprint density at radius 3 is 2.78 bits per heavy atom. The highest BCUT2D eigenvalue weighted by molar-refractivity contribution is 6.00. The molecule has 5 heterocycles. The third-order valence-corrected chi connectivity index (χ3v) is 5.10. The first-order chi connectivity index (χ1) is 11.1. The fourth-order valence-electron chi connectivity index (χ4n) is 3.94. The molecule has 1 atom stereocenters. The van der Waals surface area contributed by atoms with Crippen LogP contribution < -0.4 is 5.32 Å². The second kappa shape index (κ2) is 4.44. The maximum atomic E-state index is 13.8. The van der Waals surface area contributed by atoms with E-state index >= 15 is 0 Å². The molecule has 23 heavy (non-hydrogen) atoms. The smallest absolute Gasteiger partial charge is 0.224 e. The molecule has 0 radical (unpaired) electrons. The molecule has 2 bridgehead atoms. The van der Waals surface area contributed by atoms with Crippen molar-refractivity contribution in [2.45, 2.75) is 18.6 Å². The van der Waals surface area contributed by atoms with Gasteiger partial charge in [-0.25, -0.2) is 8.78 Å². The van der Waals surface area contributed by atoms with Crippen molar-refractivity contribution in [3.8, 4) is 0 Å². The lowest BCUT2D eigenvalue weighted by molar-refractivity contribution is -0.148. The predicted molar refractivity (Wildman–Crippen MR) is 78.8 cm³/mol. The number of hydrogen-bond donors (Lipinski definition) is 1. The molecule has 5 nitrogen and oxygen atoms in total. The number of fused-ring (bicyclic) bond motifs is 3. The quantitative estimate of drug-likeness (QED) is 0.877. The zero-order valence-corrected chi connectivity index (χ0v) is 12.3. The maximum Gasteiger partial charge on any atom is 0.224 e. The van der Waals surface area contributed by atoms with Gasteiger partial charge in [0.25, 0.3) is 0 Å². The Labute approximate surface area is 130 Å². The lowest BCUT2D eigenvalue weighted by atomic mass is 9.81. The van der Waals surface area contributed by atoms with Crippen LogP contribution >= 0.6 is 0 Å². The van der Waals surface area contributed by atoms with Gasteiger partial charge in [-0.3, -0.25) is 4.90 Å². The molecule has 0 aliphatic carbocycles. The molecule has 1 aromatic carbocycles. The molecule has 4 aliphatic heterocycles. The summed E-state index contributed by atoms with van der Waals surface area (Å²) in [5, 5.41) is 7.82. The molecule has 120 valence electrons. The van der Waals surface area contributed by atoms with Gasteiger partial charge in [-0.05, 0) is 38.1 Å². The molecule has 1 aromatic heterocycles. The van der Waals surface area contributed by atoms with Gasteiger partial charge in [-0.15, -0.1) is 0 Å². The van der Waals surface area contributed by atoms with E-state index in [-0.39, 0.29) is 5.58 Å². The number of furan rings is 1. The minimum atomic E-state index is -0.719. The van der Waals surface area contributed by atoms with Crippen LogP contribution in [-0.2, 0) is 4.84 Å². The van der Waals surface area contributed by atoms with Gasteiger partial charge in [-0.1, -0.05) is 5.16 Å². The summed E-state index contributed by atoms with van der Waals surface area (Å²) < 4.78 is 32.6. The van der Waals surface area contributed by atoms with Crippen LogP contribution in [0.15, 0.2) is 27.8 Å². The first-order valence-electron chi connectivity index (χ1n) is 7.79. The van der Waals surface area contributed by atoms with Crippen molar-refractivity contribution in [1.29, 1.82) is 0 Å². The number of benzene rings is 1. The summed E-state index contributed by atoms with van der Waals surface area (Å²) in [4.78, 5) is 8.09. The molecule has 1 N–H and O–H groups in total. The van der Waals surface area contributed by atoms with Gasteiger partial charge >= 0.3 is 0 Å². The van der Waals surface area contributed by atoms with Crippen molar-refractivity contribution >= 4 is 16.8 Å². The second-order valence-corrected chi connectivity index (χ2v) is 6.51. The largest absolute Gasteiger partial charge is 0.450 e. The molecule has 4 aliphatic rings. The van der Waals surface area contributed by atoms with Crippen LogP contribution in [0.4, 0.5) is 8.78 Å². The van der Waals surface area contributed by atoms with E-state index in [4.69, 9.17) is 9.25 Å². The minimum Gasteiger partial charge on any atom is -0.450 e. The lowest BCUT2D eigenvalue weighted by Crippen LogP contribution is -2.65. The van der Waals surface area contributed by atoms with Gasteiger partial charge in [0, 0.05) is 17.4 Å². The van der Waals surface area contributed by atoms with Crippen LogP contribution in [0.25, 0.3) is 11.0 Å². The Bertz CT molecular complexity index is 826. The highest BCUT2D eigenvalue weighted by atomic mass is 19.1. The average molecular weight is 319 g/mol. The number of nitrogens with one attached hydrogen (secondary N) is 1. The Morgan fingerprint density at radius 1 is 1.22 bits per heavy atom. The molecule has 7 heteroatoms. The molecule has 0 saturated carbocycles. The van der Waals surface area contributed by atoms with Crippen LogP contribution in [0.2, 0.25) is 0 Å². The van der Waals surface area contributed by atoms with Gasteiger partial charge in [-0.2, -0.15) is 0 Å². The third kappa shape index (κ3) is 1.89. The summed E-state index contributed by atoms with van der Waals surface area (Å²) in [6.45, 7) is 2.94. The molecule has 2 aromatic rings. The number of oxime groups is 1. The number of halogens is 2. The van der Waals surface area contributed by atoms with Crippen LogP contribution in [-0.4, -0.2) is 36.1 Å². The zero-order chi connectivity index (χ0) is 15.6. The summed E-state index contributed by atoms with van der Waals surface area (Å²) in [7, 11) is 0. The van der Waals surface area contributed by atoms with E-state index in [1.54, 1.807) is 6.07 Å². The monoisotopic (exact) mass is 319 g/mol. The van der Waals surface area contributed by atoms with Crippen molar-refractivity contribution in [3.05, 3.63) is 35.6 Å². The van der Waals surface area contributed by atoms with Crippen molar-refractivity contribution in [2.24, 2.45) is 11.1 Å².